The molecule has 1 fully saturated rings. The van der Waals surface area contributed by atoms with Crippen molar-refractivity contribution in [3.63, 3.8) is 0 Å². The molecule has 1 saturated heterocycles. The summed E-state index contributed by atoms with van der Waals surface area (Å²) in [5.74, 6) is 1.37. The van der Waals surface area contributed by atoms with Crippen LogP contribution in [-0.2, 0) is 9.59 Å². The van der Waals surface area contributed by atoms with Crippen molar-refractivity contribution >= 4 is 29.1 Å². The second-order valence-electron chi connectivity index (χ2n) is 8.46. The van der Waals surface area contributed by atoms with Gasteiger partial charge in [-0.15, -0.1) is 0 Å². The first-order valence-corrected chi connectivity index (χ1v) is 11.7. The number of para-hydroxylation sites is 2. The van der Waals surface area contributed by atoms with Crippen molar-refractivity contribution in [3.8, 4) is 11.5 Å². The van der Waals surface area contributed by atoms with Gasteiger partial charge < -0.3 is 19.9 Å². The zero-order valence-electron chi connectivity index (χ0n) is 19.3. The Morgan fingerprint density at radius 3 is 2.11 bits per heavy atom. The molecule has 2 aliphatic rings. The predicted octanol–water partition coefficient (Wildman–Crippen LogP) is 3.48. The van der Waals surface area contributed by atoms with Gasteiger partial charge in [0.25, 0.3) is 0 Å². The highest BCUT2D eigenvalue weighted by atomic mass is 16.5. The molecule has 2 heterocycles. The van der Waals surface area contributed by atoms with Crippen LogP contribution in [0, 0.1) is 0 Å². The third-order valence-electron chi connectivity index (χ3n) is 6.01. The van der Waals surface area contributed by atoms with Gasteiger partial charge in [0.1, 0.15) is 17.5 Å². The average Bonchev–Trinajstić information content (AvgIpc) is 2.91. The number of carbonyl (C=O) groups is 2. The minimum absolute atomic E-state index is 0.0223. The van der Waals surface area contributed by atoms with Crippen LogP contribution in [0.25, 0.3) is 0 Å². The fourth-order valence-corrected chi connectivity index (χ4v) is 4.16. The fraction of sp³-hybridized carbons (Fsp3) is 0.222. The summed E-state index contributed by atoms with van der Waals surface area (Å²) in [7, 11) is 0. The number of carbonyl (C=O) groups excluding carboxylic acids is 2. The van der Waals surface area contributed by atoms with E-state index in [4.69, 9.17) is 4.74 Å². The van der Waals surface area contributed by atoms with Gasteiger partial charge in [0.15, 0.2) is 0 Å². The standard InChI is InChI=1S/C27H27N5O3/c33-25-19-24(26(34)28-20-11-13-23(14-12-20)35-22-9-5-2-6-10-22)29-27(30-25)32-17-15-31(16-18-32)21-7-3-1-4-8-21/h1-14,24H,15-19H2,(H,28,34)(H,29,30,33)/t24-/m0/s1. The molecule has 3 aromatic rings. The number of aliphatic imine (C=N–C) groups is 1. The Morgan fingerprint density at radius 1 is 0.829 bits per heavy atom. The Hall–Kier alpha value is -4.33. The van der Waals surface area contributed by atoms with Crippen LogP contribution in [0.5, 0.6) is 11.5 Å². The van der Waals surface area contributed by atoms with E-state index in [1.807, 2.05) is 53.4 Å². The van der Waals surface area contributed by atoms with Gasteiger partial charge in [0, 0.05) is 37.6 Å². The molecule has 35 heavy (non-hydrogen) atoms. The van der Waals surface area contributed by atoms with Crippen molar-refractivity contribution < 1.29 is 14.3 Å². The lowest BCUT2D eigenvalue weighted by Crippen LogP contribution is -2.56. The first-order valence-electron chi connectivity index (χ1n) is 11.7. The minimum Gasteiger partial charge on any atom is -0.457 e. The SMILES string of the molecule is O=C1C[C@@H](C(=O)Nc2ccc(Oc3ccccc3)cc2)N=C(N2CCN(c3ccccc3)CC2)N1. The average molecular weight is 470 g/mol. The molecule has 2 N–H and O–H groups in total. The van der Waals surface area contributed by atoms with Gasteiger partial charge in [-0.3, -0.25) is 14.9 Å². The van der Waals surface area contributed by atoms with Gasteiger partial charge in [-0.2, -0.15) is 0 Å². The Morgan fingerprint density at radius 2 is 1.43 bits per heavy atom. The molecule has 1 atom stereocenters. The van der Waals surface area contributed by atoms with Crippen molar-refractivity contribution in [2.75, 3.05) is 36.4 Å². The number of guanidine groups is 1. The van der Waals surface area contributed by atoms with Crippen LogP contribution in [0.3, 0.4) is 0 Å². The van der Waals surface area contributed by atoms with E-state index in [1.54, 1.807) is 24.3 Å². The molecule has 0 unspecified atom stereocenters. The molecule has 2 amide bonds. The molecule has 178 valence electrons. The molecule has 0 radical (unpaired) electrons. The molecule has 5 rings (SSSR count). The summed E-state index contributed by atoms with van der Waals surface area (Å²) >= 11 is 0. The van der Waals surface area contributed by atoms with Crippen LogP contribution in [0.1, 0.15) is 6.42 Å². The molecule has 2 aliphatic heterocycles. The number of rotatable bonds is 5. The Kier molecular flexibility index (Phi) is 6.61. The first-order chi connectivity index (χ1) is 17.1. The zero-order chi connectivity index (χ0) is 24.0. The second kappa shape index (κ2) is 10.3. The maximum absolute atomic E-state index is 12.9. The van der Waals surface area contributed by atoms with Crippen LogP contribution in [0.2, 0.25) is 0 Å². The summed E-state index contributed by atoms with van der Waals surface area (Å²) in [5, 5.41) is 5.71. The van der Waals surface area contributed by atoms with Gasteiger partial charge in [-0.1, -0.05) is 36.4 Å². The van der Waals surface area contributed by atoms with E-state index < -0.39 is 6.04 Å². The van der Waals surface area contributed by atoms with E-state index in [0.29, 0.717) is 30.5 Å². The van der Waals surface area contributed by atoms with Crippen molar-refractivity contribution in [3.05, 3.63) is 84.9 Å². The quantitative estimate of drug-likeness (QED) is 0.598. The molecule has 8 nitrogen and oxygen atoms in total. The smallest absolute Gasteiger partial charge is 0.249 e. The maximum atomic E-state index is 12.9. The summed E-state index contributed by atoms with van der Waals surface area (Å²) in [6, 6.07) is 26.1. The van der Waals surface area contributed by atoms with Crippen molar-refractivity contribution in [2.24, 2.45) is 4.99 Å². The third kappa shape index (κ3) is 5.60. The van der Waals surface area contributed by atoms with Gasteiger partial charge in [-0.05, 0) is 48.5 Å². The highest BCUT2D eigenvalue weighted by molar-refractivity contribution is 6.06. The number of hydrogen-bond acceptors (Lipinski definition) is 6. The second-order valence-corrected chi connectivity index (χ2v) is 8.46. The Labute approximate surface area is 204 Å². The topological polar surface area (TPSA) is 86.3 Å². The van der Waals surface area contributed by atoms with Gasteiger partial charge in [0.05, 0.1) is 6.42 Å². The molecule has 0 saturated carbocycles. The highest BCUT2D eigenvalue weighted by Crippen LogP contribution is 2.23. The van der Waals surface area contributed by atoms with Crippen molar-refractivity contribution in [2.45, 2.75) is 12.5 Å². The maximum Gasteiger partial charge on any atom is 0.249 e. The summed E-state index contributed by atoms with van der Waals surface area (Å²) in [4.78, 5) is 34.2. The largest absolute Gasteiger partial charge is 0.457 e. The van der Waals surface area contributed by atoms with Crippen LogP contribution in [0.4, 0.5) is 11.4 Å². The summed E-state index contributed by atoms with van der Waals surface area (Å²) in [5.41, 5.74) is 1.80. The number of benzene rings is 3. The molecule has 0 spiro atoms. The minimum atomic E-state index is -0.772. The molecule has 3 aromatic carbocycles. The molecule has 0 aromatic heterocycles. The van der Waals surface area contributed by atoms with E-state index in [1.165, 1.54) is 5.69 Å². The van der Waals surface area contributed by atoms with Crippen LogP contribution < -0.4 is 20.3 Å². The van der Waals surface area contributed by atoms with Crippen molar-refractivity contribution in [1.29, 1.82) is 0 Å². The fourth-order valence-electron chi connectivity index (χ4n) is 4.16. The van der Waals surface area contributed by atoms with Gasteiger partial charge in [-0.25, -0.2) is 4.99 Å². The number of piperazine rings is 1. The molecular weight excluding hydrogens is 442 g/mol. The molecule has 0 bridgehead atoms. The van der Waals surface area contributed by atoms with Gasteiger partial charge in [0.2, 0.25) is 17.8 Å². The summed E-state index contributed by atoms with van der Waals surface area (Å²) in [6.45, 7) is 3.05. The Bertz CT molecular complexity index is 1190. The van der Waals surface area contributed by atoms with E-state index in [0.717, 1.165) is 18.8 Å². The third-order valence-corrected chi connectivity index (χ3v) is 6.01. The number of nitrogens with zero attached hydrogens (tertiary/aromatic N) is 3. The van der Waals surface area contributed by atoms with Gasteiger partial charge >= 0.3 is 0 Å². The number of amides is 2. The molecule has 0 aliphatic carbocycles. The van der Waals surface area contributed by atoms with Crippen LogP contribution in [0.15, 0.2) is 89.9 Å². The predicted molar refractivity (Wildman–Crippen MR) is 136 cm³/mol. The summed E-state index contributed by atoms with van der Waals surface area (Å²) in [6.07, 6.45) is 0.0223. The number of nitrogens with one attached hydrogen (secondary N) is 2. The summed E-state index contributed by atoms with van der Waals surface area (Å²) < 4.78 is 5.79. The first kappa shape index (κ1) is 22.5. The molecular formula is C27H27N5O3. The lowest BCUT2D eigenvalue weighted by Gasteiger charge is -2.38. The van der Waals surface area contributed by atoms with E-state index >= 15 is 0 Å². The van der Waals surface area contributed by atoms with Crippen LogP contribution in [-0.4, -0.2) is 54.9 Å². The molecule has 8 heteroatoms. The van der Waals surface area contributed by atoms with E-state index in [9.17, 15) is 9.59 Å². The monoisotopic (exact) mass is 469 g/mol. The zero-order valence-corrected chi connectivity index (χ0v) is 19.3. The Balaban J connectivity index is 1.19. The number of hydrogen-bond donors (Lipinski definition) is 2. The lowest BCUT2D eigenvalue weighted by atomic mass is 10.1. The van der Waals surface area contributed by atoms with E-state index in [-0.39, 0.29) is 18.2 Å². The normalized spacial score (nSPS) is 17.9. The highest BCUT2D eigenvalue weighted by Gasteiger charge is 2.30. The lowest BCUT2D eigenvalue weighted by molar-refractivity contribution is -0.125. The van der Waals surface area contributed by atoms with E-state index in [2.05, 4.69) is 32.7 Å². The number of anilines is 2. The van der Waals surface area contributed by atoms with Crippen molar-refractivity contribution in [1.82, 2.24) is 10.2 Å². The number of ether oxygens (including phenoxy) is 1. The van der Waals surface area contributed by atoms with Crippen LogP contribution >= 0.6 is 0 Å².